The number of aliphatic carboxylic acids is 1. The summed E-state index contributed by atoms with van der Waals surface area (Å²) in [5.74, 6) is -1.81. The first-order chi connectivity index (χ1) is 9.56. The second kappa shape index (κ2) is 5.57. The first-order valence-corrected chi connectivity index (χ1v) is 6.07. The number of hydrogen-bond acceptors (Lipinski definition) is 3. The summed E-state index contributed by atoms with van der Waals surface area (Å²) in [6.45, 7) is 1.83. The molecule has 0 atom stereocenters. The van der Waals surface area contributed by atoms with Crippen molar-refractivity contribution < 1.29 is 19.4 Å². The Kier molecular flexibility index (Phi) is 3.84. The third-order valence-corrected chi connectivity index (χ3v) is 3.09. The number of rotatable bonds is 2. The van der Waals surface area contributed by atoms with Gasteiger partial charge in [-0.3, -0.25) is 0 Å². The molecule has 0 unspecified atom stereocenters. The van der Waals surface area contributed by atoms with E-state index in [0.717, 1.165) is 11.1 Å². The van der Waals surface area contributed by atoms with Crippen LogP contribution in [0.3, 0.4) is 0 Å². The third kappa shape index (κ3) is 2.40. The Morgan fingerprint density at radius 3 is 2.45 bits per heavy atom. The summed E-state index contributed by atoms with van der Waals surface area (Å²) < 4.78 is 4.76. The molecule has 0 spiro atoms. The normalized spacial score (nSPS) is 17.4. The molecule has 0 aromatic heterocycles. The van der Waals surface area contributed by atoms with Gasteiger partial charge < -0.3 is 9.84 Å². The summed E-state index contributed by atoms with van der Waals surface area (Å²) in [6, 6.07) is 0. The molecule has 0 aromatic carbocycles. The molecular formula is C16H14O4. The molecule has 0 amide bonds. The highest BCUT2D eigenvalue weighted by atomic mass is 16.5. The highest BCUT2D eigenvalue weighted by Crippen LogP contribution is 2.32. The van der Waals surface area contributed by atoms with Crippen LogP contribution >= 0.6 is 0 Å². The van der Waals surface area contributed by atoms with Gasteiger partial charge in [-0.25, -0.2) is 9.59 Å². The number of carboxylic acid groups (broad SMARTS) is 1. The van der Waals surface area contributed by atoms with Crippen molar-refractivity contribution in [1.82, 2.24) is 0 Å². The maximum atomic E-state index is 12.1. The molecule has 2 rings (SSSR count). The van der Waals surface area contributed by atoms with Crippen molar-refractivity contribution in [1.29, 1.82) is 0 Å². The van der Waals surface area contributed by atoms with E-state index >= 15 is 0 Å². The zero-order valence-corrected chi connectivity index (χ0v) is 11.2. The van der Waals surface area contributed by atoms with Gasteiger partial charge in [0.15, 0.2) is 0 Å². The summed E-state index contributed by atoms with van der Waals surface area (Å²) >= 11 is 0. The highest BCUT2D eigenvalue weighted by Gasteiger charge is 2.28. The van der Waals surface area contributed by atoms with E-state index in [-0.39, 0.29) is 11.1 Å². The van der Waals surface area contributed by atoms with Gasteiger partial charge >= 0.3 is 11.9 Å². The molecule has 20 heavy (non-hydrogen) atoms. The van der Waals surface area contributed by atoms with Gasteiger partial charge in [0.05, 0.1) is 18.3 Å². The second-order valence-corrected chi connectivity index (χ2v) is 4.34. The lowest BCUT2D eigenvalue weighted by Gasteiger charge is -2.14. The molecule has 0 saturated heterocycles. The lowest BCUT2D eigenvalue weighted by molar-refractivity contribution is -0.138. The largest absolute Gasteiger partial charge is 0.478 e. The summed E-state index contributed by atoms with van der Waals surface area (Å²) in [5, 5.41) is 9.33. The van der Waals surface area contributed by atoms with Gasteiger partial charge in [-0.05, 0) is 29.7 Å². The van der Waals surface area contributed by atoms with Gasteiger partial charge in [-0.1, -0.05) is 36.5 Å². The van der Waals surface area contributed by atoms with Crippen molar-refractivity contribution in [3.05, 3.63) is 70.4 Å². The summed E-state index contributed by atoms with van der Waals surface area (Å²) in [7, 11) is 1.24. The molecule has 2 aliphatic carbocycles. The van der Waals surface area contributed by atoms with Gasteiger partial charge in [0.25, 0.3) is 0 Å². The van der Waals surface area contributed by atoms with Crippen LogP contribution in [0.4, 0.5) is 0 Å². The Bertz CT molecular complexity index is 652. The number of hydrogen-bond donors (Lipinski definition) is 1. The molecule has 0 heterocycles. The van der Waals surface area contributed by atoms with E-state index in [2.05, 4.69) is 0 Å². The van der Waals surface area contributed by atoms with Crippen molar-refractivity contribution in [3.63, 3.8) is 0 Å². The molecule has 102 valence electrons. The van der Waals surface area contributed by atoms with Crippen LogP contribution in [-0.4, -0.2) is 24.2 Å². The van der Waals surface area contributed by atoms with Gasteiger partial charge in [0, 0.05) is 0 Å². The molecule has 4 nitrogen and oxygen atoms in total. The average molecular weight is 270 g/mol. The van der Waals surface area contributed by atoms with Crippen molar-refractivity contribution in [2.75, 3.05) is 7.11 Å². The second-order valence-electron chi connectivity index (χ2n) is 4.34. The molecule has 0 saturated carbocycles. The van der Waals surface area contributed by atoms with Crippen LogP contribution in [0.25, 0.3) is 0 Å². The number of allylic oxidation sites excluding steroid dienone is 10. The Morgan fingerprint density at radius 2 is 1.80 bits per heavy atom. The molecule has 2 aliphatic rings. The van der Waals surface area contributed by atoms with Crippen LogP contribution < -0.4 is 0 Å². The van der Waals surface area contributed by atoms with Gasteiger partial charge in [-0.2, -0.15) is 0 Å². The van der Waals surface area contributed by atoms with E-state index in [0.29, 0.717) is 5.57 Å². The van der Waals surface area contributed by atoms with E-state index in [9.17, 15) is 14.7 Å². The molecule has 0 aliphatic heterocycles. The van der Waals surface area contributed by atoms with E-state index in [1.54, 1.807) is 12.2 Å². The monoisotopic (exact) mass is 270 g/mol. The molecule has 0 fully saturated rings. The topological polar surface area (TPSA) is 63.6 Å². The molecular weight excluding hydrogens is 256 g/mol. The fourth-order valence-electron chi connectivity index (χ4n) is 2.19. The SMILES string of the molecule is COC(=O)C1=C2C(C)=CC=CC=C2C=CC=C1C(=O)O. The maximum Gasteiger partial charge on any atom is 0.339 e. The summed E-state index contributed by atoms with van der Waals surface area (Å²) in [5.41, 5.74) is 2.18. The van der Waals surface area contributed by atoms with Crippen molar-refractivity contribution >= 4 is 11.9 Å². The number of ether oxygens (including phenoxy) is 1. The Labute approximate surface area is 116 Å². The van der Waals surface area contributed by atoms with E-state index in [1.165, 1.54) is 13.2 Å². The minimum atomic E-state index is -1.16. The van der Waals surface area contributed by atoms with Crippen LogP contribution in [0.15, 0.2) is 70.4 Å². The minimum Gasteiger partial charge on any atom is -0.478 e. The average Bonchev–Trinajstić information content (AvgIpc) is 2.71. The first kappa shape index (κ1) is 13.8. The highest BCUT2D eigenvalue weighted by molar-refractivity contribution is 6.08. The molecule has 1 N–H and O–H groups in total. The Hall–Kier alpha value is -2.62. The number of methoxy groups -OCH3 is 1. The third-order valence-electron chi connectivity index (χ3n) is 3.09. The standard InChI is InChI=1S/C16H14O4/c1-10-6-3-4-7-11-8-5-9-12(15(17)18)14(13(10)11)16(19)20-2/h3-9H,1-2H3,(H,17,18). The predicted octanol–water partition coefficient (Wildman–Crippen LogP) is 2.48. The van der Waals surface area contributed by atoms with E-state index in [4.69, 9.17) is 4.74 Å². The number of carbonyl (C=O) groups is 2. The fourth-order valence-corrected chi connectivity index (χ4v) is 2.19. The van der Waals surface area contributed by atoms with Crippen LogP contribution in [0.5, 0.6) is 0 Å². The molecule has 0 bridgehead atoms. The van der Waals surface area contributed by atoms with Gasteiger partial charge in [0.1, 0.15) is 0 Å². The summed E-state index contributed by atoms with van der Waals surface area (Å²) in [6.07, 6.45) is 12.2. The van der Waals surface area contributed by atoms with Crippen LogP contribution in [0.1, 0.15) is 6.92 Å². The van der Waals surface area contributed by atoms with Crippen molar-refractivity contribution in [2.24, 2.45) is 0 Å². The maximum absolute atomic E-state index is 12.1. The summed E-state index contributed by atoms with van der Waals surface area (Å²) in [4.78, 5) is 23.5. The predicted molar refractivity (Wildman–Crippen MR) is 74.9 cm³/mol. The quantitative estimate of drug-likeness (QED) is 0.783. The molecule has 4 heteroatoms. The van der Waals surface area contributed by atoms with Crippen LogP contribution in [0, 0.1) is 0 Å². The lowest BCUT2D eigenvalue weighted by Crippen LogP contribution is -2.16. The molecule has 0 aromatic rings. The Balaban J connectivity index is 2.80. The zero-order valence-electron chi connectivity index (χ0n) is 11.2. The fraction of sp³-hybridized carbons (Fsp3) is 0.125. The van der Waals surface area contributed by atoms with Crippen LogP contribution in [-0.2, 0) is 14.3 Å². The number of esters is 1. The van der Waals surface area contributed by atoms with Crippen LogP contribution in [0.2, 0.25) is 0 Å². The van der Waals surface area contributed by atoms with Gasteiger partial charge in [-0.15, -0.1) is 0 Å². The minimum absolute atomic E-state index is 0.0684. The van der Waals surface area contributed by atoms with E-state index < -0.39 is 11.9 Å². The number of carboxylic acids is 1. The van der Waals surface area contributed by atoms with Gasteiger partial charge in [0.2, 0.25) is 0 Å². The smallest absolute Gasteiger partial charge is 0.339 e. The van der Waals surface area contributed by atoms with Crippen molar-refractivity contribution in [2.45, 2.75) is 6.92 Å². The van der Waals surface area contributed by atoms with Crippen molar-refractivity contribution in [3.8, 4) is 0 Å². The first-order valence-electron chi connectivity index (χ1n) is 6.07. The zero-order chi connectivity index (χ0) is 14.7. The number of fused-ring (bicyclic) bond motifs is 1. The Morgan fingerprint density at radius 1 is 1.10 bits per heavy atom. The molecule has 0 radical (unpaired) electrons. The number of carbonyl (C=O) groups excluding carboxylic acids is 1. The van der Waals surface area contributed by atoms with E-state index in [1.807, 2.05) is 31.2 Å². The lowest BCUT2D eigenvalue weighted by atomic mass is 9.91.